The molecular formula is C34H35F4N5O3S. The summed E-state index contributed by atoms with van der Waals surface area (Å²) < 4.78 is 62.0. The number of hydrogen-bond acceptors (Lipinski definition) is 6. The van der Waals surface area contributed by atoms with Crippen LogP contribution in [0.5, 0.6) is 5.75 Å². The lowest BCUT2D eigenvalue weighted by Gasteiger charge is -2.29. The fourth-order valence-electron chi connectivity index (χ4n) is 4.91. The average Bonchev–Trinajstić information content (AvgIpc) is 3.17. The van der Waals surface area contributed by atoms with Crippen molar-refractivity contribution in [1.82, 2.24) is 10.3 Å². The van der Waals surface area contributed by atoms with Crippen molar-refractivity contribution in [3.63, 3.8) is 0 Å². The van der Waals surface area contributed by atoms with Crippen LogP contribution < -0.4 is 19.9 Å². The number of thiocarbonyl (C=S) groups is 1. The molecule has 8 nitrogen and oxygen atoms in total. The minimum atomic E-state index is -5.17. The number of carbonyl (C=O) groups is 2. The van der Waals surface area contributed by atoms with Crippen LogP contribution in [0.4, 0.5) is 28.9 Å². The Bertz CT molecular complexity index is 1710. The van der Waals surface area contributed by atoms with Crippen LogP contribution in [0.1, 0.15) is 65.5 Å². The van der Waals surface area contributed by atoms with Crippen LogP contribution in [-0.2, 0) is 15.8 Å². The van der Waals surface area contributed by atoms with E-state index in [1.54, 1.807) is 24.3 Å². The van der Waals surface area contributed by atoms with Crippen molar-refractivity contribution in [1.29, 1.82) is 5.26 Å². The van der Waals surface area contributed by atoms with Crippen LogP contribution in [0.3, 0.4) is 0 Å². The SMILES string of the molecule is CC(NC(=O)CCCOc1ccc(-c2ccc(N3C(=S)N(c4ccc(C#N)c(C(F)(F)F)c4F)C(=O)C3(C)C)cn2)cc1)C(C)(C)C. The van der Waals surface area contributed by atoms with Crippen molar-refractivity contribution in [3.05, 3.63) is 71.7 Å². The van der Waals surface area contributed by atoms with Crippen molar-refractivity contribution >= 4 is 40.5 Å². The van der Waals surface area contributed by atoms with E-state index in [1.807, 2.05) is 19.1 Å². The first-order valence-corrected chi connectivity index (χ1v) is 15.3. The van der Waals surface area contributed by atoms with Gasteiger partial charge in [-0.15, -0.1) is 0 Å². The highest BCUT2D eigenvalue weighted by molar-refractivity contribution is 7.81. The van der Waals surface area contributed by atoms with Crippen LogP contribution >= 0.6 is 12.2 Å². The van der Waals surface area contributed by atoms with Gasteiger partial charge in [-0.25, -0.2) is 4.39 Å². The van der Waals surface area contributed by atoms with Crippen molar-refractivity contribution < 1.29 is 31.9 Å². The number of halogens is 4. The van der Waals surface area contributed by atoms with Gasteiger partial charge in [0, 0.05) is 18.0 Å². The lowest BCUT2D eigenvalue weighted by atomic mass is 9.88. The van der Waals surface area contributed by atoms with Gasteiger partial charge in [0.2, 0.25) is 5.91 Å². The van der Waals surface area contributed by atoms with Gasteiger partial charge in [0.05, 0.1) is 41.5 Å². The van der Waals surface area contributed by atoms with Gasteiger partial charge in [-0.3, -0.25) is 19.5 Å². The normalized spacial score (nSPS) is 15.4. The van der Waals surface area contributed by atoms with Crippen LogP contribution in [0.25, 0.3) is 11.3 Å². The molecule has 0 aliphatic carbocycles. The molecule has 0 radical (unpaired) electrons. The summed E-state index contributed by atoms with van der Waals surface area (Å²) in [6.07, 6.45) is -2.79. The Morgan fingerprint density at radius 2 is 1.77 bits per heavy atom. The van der Waals surface area contributed by atoms with Crippen LogP contribution in [0.15, 0.2) is 54.7 Å². The highest BCUT2D eigenvalue weighted by Gasteiger charge is 2.52. The number of anilines is 2. The molecule has 2 heterocycles. The molecule has 4 rings (SSSR count). The Kier molecular flexibility index (Phi) is 9.97. The number of amides is 2. The summed E-state index contributed by atoms with van der Waals surface area (Å²) in [6.45, 7) is 11.6. The van der Waals surface area contributed by atoms with Crippen molar-refractivity contribution in [2.45, 2.75) is 72.1 Å². The lowest BCUT2D eigenvalue weighted by Crippen LogP contribution is -2.44. The molecule has 0 saturated carbocycles. The van der Waals surface area contributed by atoms with Crippen LogP contribution in [0, 0.1) is 22.6 Å². The van der Waals surface area contributed by atoms with E-state index in [0.717, 1.165) is 17.7 Å². The minimum Gasteiger partial charge on any atom is -0.494 e. The zero-order valence-corrected chi connectivity index (χ0v) is 27.6. The number of nitrogens with one attached hydrogen (secondary N) is 1. The summed E-state index contributed by atoms with van der Waals surface area (Å²) >= 11 is 5.49. The third-order valence-electron chi connectivity index (χ3n) is 8.08. The number of alkyl halides is 3. The van der Waals surface area contributed by atoms with Gasteiger partial charge < -0.3 is 15.0 Å². The quantitative estimate of drug-likeness (QED) is 0.144. The molecule has 248 valence electrons. The minimum absolute atomic E-state index is 0.0203. The maximum Gasteiger partial charge on any atom is 0.420 e. The van der Waals surface area contributed by atoms with E-state index in [9.17, 15) is 22.8 Å². The van der Waals surface area contributed by atoms with Gasteiger partial charge in [-0.2, -0.15) is 18.4 Å². The first kappa shape index (κ1) is 35.3. The fourth-order valence-corrected chi connectivity index (χ4v) is 5.43. The van der Waals surface area contributed by atoms with Crippen molar-refractivity contribution in [2.24, 2.45) is 5.41 Å². The Morgan fingerprint density at radius 3 is 2.32 bits per heavy atom. The highest BCUT2D eigenvalue weighted by Crippen LogP contribution is 2.42. The van der Waals surface area contributed by atoms with Crippen LogP contribution in [-0.4, -0.2) is 40.1 Å². The number of hydrogen-bond donors (Lipinski definition) is 1. The second kappa shape index (κ2) is 13.3. The molecule has 1 fully saturated rings. The standard InChI is InChI=1S/C34H35F4N5O3S/c1-20(32(2,3)4)41-27(44)8-7-17-46-24-13-9-21(10-14-24)25-15-12-23(19-40-25)43-31(47)42(30(45)33(43,5)6)26-16-11-22(18-39)28(29(26)35)34(36,37)38/h9-16,19-20H,7-8,17H2,1-6H3,(H,41,44). The first-order chi connectivity index (χ1) is 21.9. The van der Waals surface area contributed by atoms with E-state index in [-0.39, 0.29) is 22.5 Å². The molecular weight excluding hydrogens is 634 g/mol. The molecule has 1 N–H and O–H groups in total. The zero-order valence-electron chi connectivity index (χ0n) is 26.8. The summed E-state index contributed by atoms with van der Waals surface area (Å²) in [5, 5.41) is 11.9. The third-order valence-corrected chi connectivity index (χ3v) is 8.45. The molecule has 2 amide bonds. The van der Waals surface area contributed by atoms with Crippen LogP contribution in [0.2, 0.25) is 0 Å². The summed E-state index contributed by atoms with van der Waals surface area (Å²) in [6, 6.07) is 13.7. The zero-order chi connectivity index (χ0) is 34.9. The van der Waals surface area contributed by atoms with Gasteiger partial charge in [0.1, 0.15) is 16.9 Å². The summed E-state index contributed by atoms with van der Waals surface area (Å²) in [4.78, 5) is 32.2. The number of pyridine rings is 1. The molecule has 47 heavy (non-hydrogen) atoms. The number of ether oxygens (including phenoxy) is 1. The molecule has 0 bridgehead atoms. The molecule has 13 heteroatoms. The molecule has 0 spiro atoms. The third kappa shape index (κ3) is 7.38. The molecule has 3 aromatic rings. The molecule has 1 atom stereocenters. The fraction of sp³-hybridized carbons (Fsp3) is 0.382. The van der Waals surface area contributed by atoms with E-state index in [2.05, 4.69) is 31.1 Å². The number of benzene rings is 2. The maximum absolute atomic E-state index is 15.3. The van der Waals surface area contributed by atoms with Crippen molar-refractivity contribution in [2.75, 3.05) is 16.4 Å². The predicted molar refractivity (Wildman–Crippen MR) is 174 cm³/mol. The number of aromatic nitrogens is 1. The number of nitriles is 1. The molecule has 2 aromatic carbocycles. The van der Waals surface area contributed by atoms with E-state index in [0.29, 0.717) is 41.5 Å². The topological polar surface area (TPSA) is 98.6 Å². The Balaban J connectivity index is 1.45. The molecule has 1 unspecified atom stereocenters. The summed E-state index contributed by atoms with van der Waals surface area (Å²) in [7, 11) is 0. The largest absolute Gasteiger partial charge is 0.494 e. The first-order valence-electron chi connectivity index (χ1n) is 14.8. The smallest absolute Gasteiger partial charge is 0.420 e. The van der Waals surface area contributed by atoms with E-state index in [1.165, 1.54) is 31.0 Å². The van der Waals surface area contributed by atoms with Gasteiger partial charge >= 0.3 is 6.18 Å². The van der Waals surface area contributed by atoms with Gasteiger partial charge in [0.15, 0.2) is 10.9 Å². The Morgan fingerprint density at radius 1 is 1.11 bits per heavy atom. The van der Waals surface area contributed by atoms with E-state index < -0.39 is 40.3 Å². The molecule has 1 saturated heterocycles. The molecule has 1 aliphatic heterocycles. The molecule has 1 aliphatic rings. The number of carbonyl (C=O) groups excluding carboxylic acids is 2. The van der Waals surface area contributed by atoms with Gasteiger partial charge in [0.25, 0.3) is 5.91 Å². The predicted octanol–water partition coefficient (Wildman–Crippen LogP) is 7.40. The monoisotopic (exact) mass is 669 g/mol. The second-order valence-corrected chi connectivity index (χ2v) is 13.1. The van der Waals surface area contributed by atoms with E-state index >= 15 is 4.39 Å². The Labute approximate surface area is 276 Å². The number of rotatable bonds is 9. The maximum atomic E-state index is 15.3. The number of nitrogens with zero attached hydrogens (tertiary/aromatic N) is 4. The Hall–Kier alpha value is -4.57. The summed E-state index contributed by atoms with van der Waals surface area (Å²) in [5.41, 5.74) is -3.08. The highest BCUT2D eigenvalue weighted by atomic mass is 32.1. The second-order valence-electron chi connectivity index (χ2n) is 12.8. The van der Waals surface area contributed by atoms with Gasteiger partial charge in [-0.1, -0.05) is 20.8 Å². The average molecular weight is 670 g/mol. The van der Waals surface area contributed by atoms with Gasteiger partial charge in [-0.05, 0) is 93.4 Å². The van der Waals surface area contributed by atoms with E-state index in [4.69, 9.17) is 22.2 Å². The summed E-state index contributed by atoms with van der Waals surface area (Å²) in [5.74, 6) is -1.91. The molecule has 1 aromatic heterocycles. The van der Waals surface area contributed by atoms with Crippen molar-refractivity contribution in [3.8, 4) is 23.1 Å². The lowest BCUT2D eigenvalue weighted by molar-refractivity contribution is -0.140.